The van der Waals surface area contributed by atoms with Crippen LogP contribution >= 0.6 is 11.6 Å². The second-order valence-electron chi connectivity index (χ2n) is 3.76. The van der Waals surface area contributed by atoms with E-state index in [9.17, 15) is 4.79 Å². The summed E-state index contributed by atoms with van der Waals surface area (Å²) in [5.74, 6) is 1.13. The smallest absolute Gasteiger partial charge is 0.237 e. The van der Waals surface area contributed by atoms with Crippen LogP contribution in [-0.4, -0.2) is 30.9 Å². The molecule has 76 valence electrons. The van der Waals surface area contributed by atoms with Crippen LogP contribution in [-0.2, 0) is 4.79 Å². The zero-order valence-electron chi connectivity index (χ0n) is 8.14. The van der Waals surface area contributed by atoms with Crippen molar-refractivity contribution in [1.82, 2.24) is 10.6 Å². The third-order valence-electron chi connectivity index (χ3n) is 2.58. The van der Waals surface area contributed by atoms with Crippen LogP contribution in [0.2, 0.25) is 0 Å². The molecule has 3 nitrogen and oxygen atoms in total. The highest BCUT2D eigenvalue weighted by atomic mass is 35.5. The van der Waals surface area contributed by atoms with Crippen LogP contribution < -0.4 is 10.6 Å². The molecule has 1 fully saturated rings. The third-order valence-corrected chi connectivity index (χ3v) is 2.78. The van der Waals surface area contributed by atoms with Gasteiger partial charge in [-0.25, -0.2) is 0 Å². The fraction of sp³-hybridized carbons (Fsp3) is 0.889. The van der Waals surface area contributed by atoms with Gasteiger partial charge in [0.2, 0.25) is 5.91 Å². The highest BCUT2D eigenvalue weighted by Gasteiger charge is 2.23. The molecule has 0 aliphatic carbocycles. The Kier molecular flexibility index (Phi) is 4.00. The Bertz CT molecular complexity index is 184. The highest BCUT2D eigenvalue weighted by Crippen LogP contribution is 2.14. The third kappa shape index (κ3) is 3.16. The summed E-state index contributed by atoms with van der Waals surface area (Å²) in [6, 6.07) is 0. The number of hydrogen-bond donors (Lipinski definition) is 2. The molecule has 0 aromatic heterocycles. The average Bonchev–Trinajstić information content (AvgIpc) is 2.47. The molecule has 13 heavy (non-hydrogen) atoms. The SMILES string of the molecule is CC(Cl)C(=O)NC[C@@H]1CNC[C@H]1C. The van der Waals surface area contributed by atoms with E-state index in [0.29, 0.717) is 11.8 Å². The zero-order chi connectivity index (χ0) is 9.84. The molecule has 0 aromatic rings. The molecule has 3 atom stereocenters. The second-order valence-corrected chi connectivity index (χ2v) is 4.41. The fourth-order valence-corrected chi connectivity index (χ4v) is 1.59. The molecule has 2 N–H and O–H groups in total. The topological polar surface area (TPSA) is 41.1 Å². The van der Waals surface area contributed by atoms with Crippen molar-refractivity contribution in [3.05, 3.63) is 0 Å². The van der Waals surface area contributed by atoms with Gasteiger partial charge < -0.3 is 10.6 Å². The number of halogens is 1. The van der Waals surface area contributed by atoms with Gasteiger partial charge in [0.15, 0.2) is 0 Å². The first-order chi connectivity index (χ1) is 6.11. The summed E-state index contributed by atoms with van der Waals surface area (Å²) in [6.07, 6.45) is 0. The molecule has 0 spiro atoms. The standard InChI is InChI=1S/C9H17ClN2O/c1-6-3-11-4-8(6)5-12-9(13)7(2)10/h6-8,11H,3-5H2,1-2H3,(H,12,13)/t6-,7?,8+/m1/s1. The van der Waals surface area contributed by atoms with Crippen molar-refractivity contribution in [2.24, 2.45) is 11.8 Å². The summed E-state index contributed by atoms with van der Waals surface area (Å²) in [6.45, 7) is 6.67. The van der Waals surface area contributed by atoms with Crippen LogP contribution in [0.1, 0.15) is 13.8 Å². The van der Waals surface area contributed by atoms with Gasteiger partial charge >= 0.3 is 0 Å². The number of carbonyl (C=O) groups is 1. The van der Waals surface area contributed by atoms with E-state index >= 15 is 0 Å². The first kappa shape index (κ1) is 10.8. The largest absolute Gasteiger partial charge is 0.354 e. The van der Waals surface area contributed by atoms with Crippen molar-refractivity contribution >= 4 is 17.5 Å². The summed E-state index contributed by atoms with van der Waals surface area (Å²) in [7, 11) is 0. The van der Waals surface area contributed by atoms with Crippen molar-refractivity contribution in [3.8, 4) is 0 Å². The second kappa shape index (κ2) is 4.82. The lowest BCUT2D eigenvalue weighted by Gasteiger charge is -2.15. The maximum absolute atomic E-state index is 11.1. The van der Waals surface area contributed by atoms with Crippen LogP contribution in [0, 0.1) is 11.8 Å². The molecule has 1 heterocycles. The number of carbonyl (C=O) groups excluding carboxylic acids is 1. The highest BCUT2D eigenvalue weighted by molar-refractivity contribution is 6.30. The van der Waals surface area contributed by atoms with Gasteiger partial charge in [0, 0.05) is 6.54 Å². The first-order valence-electron chi connectivity index (χ1n) is 4.73. The minimum absolute atomic E-state index is 0.0687. The molecule has 0 aromatic carbocycles. The van der Waals surface area contributed by atoms with Gasteiger partial charge in [0.05, 0.1) is 0 Å². The molecule has 1 aliphatic heterocycles. The quantitative estimate of drug-likeness (QED) is 0.661. The molecule has 4 heteroatoms. The number of nitrogens with one attached hydrogen (secondary N) is 2. The lowest BCUT2D eigenvalue weighted by atomic mass is 9.98. The Morgan fingerprint density at radius 3 is 2.85 bits per heavy atom. The van der Waals surface area contributed by atoms with Gasteiger partial charge in [-0.05, 0) is 31.8 Å². The van der Waals surface area contributed by atoms with Crippen LogP contribution in [0.25, 0.3) is 0 Å². The first-order valence-corrected chi connectivity index (χ1v) is 5.17. The van der Waals surface area contributed by atoms with Crippen molar-refractivity contribution in [3.63, 3.8) is 0 Å². The molecule has 0 saturated carbocycles. The minimum atomic E-state index is -0.426. The van der Waals surface area contributed by atoms with Gasteiger partial charge in [0.25, 0.3) is 0 Å². The maximum atomic E-state index is 11.1. The van der Waals surface area contributed by atoms with Gasteiger partial charge in [0.1, 0.15) is 5.38 Å². The lowest BCUT2D eigenvalue weighted by molar-refractivity contribution is -0.120. The molecule has 0 radical (unpaired) electrons. The normalized spacial score (nSPS) is 30.1. The van der Waals surface area contributed by atoms with Crippen molar-refractivity contribution in [2.45, 2.75) is 19.2 Å². The minimum Gasteiger partial charge on any atom is -0.354 e. The van der Waals surface area contributed by atoms with Crippen molar-refractivity contribution in [1.29, 1.82) is 0 Å². The monoisotopic (exact) mass is 204 g/mol. The Balaban J connectivity index is 2.22. The van der Waals surface area contributed by atoms with Gasteiger partial charge in [-0.2, -0.15) is 0 Å². The summed E-state index contributed by atoms with van der Waals surface area (Å²) in [5.41, 5.74) is 0. The summed E-state index contributed by atoms with van der Waals surface area (Å²) in [5, 5.41) is 5.71. The molecule has 0 bridgehead atoms. The fourth-order valence-electron chi connectivity index (χ4n) is 1.51. The zero-order valence-corrected chi connectivity index (χ0v) is 8.90. The van der Waals surface area contributed by atoms with Gasteiger partial charge in [-0.1, -0.05) is 6.92 Å². The maximum Gasteiger partial charge on any atom is 0.237 e. The molecule has 1 amide bonds. The van der Waals surface area contributed by atoms with E-state index in [1.807, 2.05) is 0 Å². The molecule has 1 aliphatic rings. The average molecular weight is 205 g/mol. The number of alkyl halides is 1. The molecule has 1 saturated heterocycles. The van der Waals surface area contributed by atoms with E-state index in [2.05, 4.69) is 17.6 Å². The number of hydrogen-bond acceptors (Lipinski definition) is 2. The number of rotatable bonds is 3. The van der Waals surface area contributed by atoms with E-state index in [1.54, 1.807) is 6.92 Å². The Morgan fingerprint density at radius 2 is 2.38 bits per heavy atom. The molecular weight excluding hydrogens is 188 g/mol. The predicted octanol–water partition coefficient (Wildman–Crippen LogP) is 0.585. The van der Waals surface area contributed by atoms with Crippen molar-refractivity contribution in [2.75, 3.05) is 19.6 Å². The predicted molar refractivity (Wildman–Crippen MR) is 53.8 cm³/mol. The Morgan fingerprint density at radius 1 is 1.69 bits per heavy atom. The lowest BCUT2D eigenvalue weighted by Crippen LogP contribution is -2.35. The Labute approximate surface area is 84.2 Å². The number of amides is 1. The van der Waals surface area contributed by atoms with E-state index in [1.165, 1.54) is 0 Å². The van der Waals surface area contributed by atoms with Crippen LogP contribution in [0.3, 0.4) is 0 Å². The van der Waals surface area contributed by atoms with E-state index < -0.39 is 5.38 Å². The summed E-state index contributed by atoms with van der Waals surface area (Å²) >= 11 is 5.62. The van der Waals surface area contributed by atoms with Gasteiger partial charge in [-0.3, -0.25) is 4.79 Å². The summed E-state index contributed by atoms with van der Waals surface area (Å²) in [4.78, 5) is 11.1. The van der Waals surface area contributed by atoms with Gasteiger partial charge in [-0.15, -0.1) is 11.6 Å². The summed E-state index contributed by atoms with van der Waals surface area (Å²) < 4.78 is 0. The van der Waals surface area contributed by atoms with E-state index in [0.717, 1.165) is 19.6 Å². The molecule has 1 rings (SSSR count). The van der Waals surface area contributed by atoms with Crippen molar-refractivity contribution < 1.29 is 4.79 Å². The van der Waals surface area contributed by atoms with E-state index in [4.69, 9.17) is 11.6 Å². The van der Waals surface area contributed by atoms with Crippen LogP contribution in [0.15, 0.2) is 0 Å². The molecular formula is C9H17ClN2O. The molecule has 1 unspecified atom stereocenters. The van der Waals surface area contributed by atoms with Crippen LogP contribution in [0.5, 0.6) is 0 Å². The van der Waals surface area contributed by atoms with Crippen LogP contribution in [0.4, 0.5) is 0 Å². The Hall–Kier alpha value is -0.280. The van der Waals surface area contributed by atoms with E-state index in [-0.39, 0.29) is 5.91 Å².